The number of hydrogen-bond donors (Lipinski definition) is 1. The molecule has 3 saturated carbocycles. The lowest BCUT2D eigenvalue weighted by molar-refractivity contribution is -0.208. The Balaban J connectivity index is 1.77. The molecule has 4 aliphatic carbocycles. The first-order valence-corrected chi connectivity index (χ1v) is 14.3. The van der Waals surface area contributed by atoms with E-state index in [2.05, 4.69) is 13.8 Å². The molecule has 0 amide bonds. The van der Waals surface area contributed by atoms with Gasteiger partial charge in [-0.15, -0.1) is 0 Å². The van der Waals surface area contributed by atoms with Crippen molar-refractivity contribution >= 4 is 19.9 Å². The second-order valence-electron chi connectivity index (χ2n) is 11.1. The average molecular weight is 511 g/mol. The number of aliphatic hydroxyl groups is 1. The van der Waals surface area contributed by atoms with E-state index in [1.54, 1.807) is 12.2 Å². The average Bonchev–Trinajstić information content (AvgIpc) is 3.08. The van der Waals surface area contributed by atoms with Crippen LogP contribution in [0, 0.1) is 34.5 Å². The fourth-order valence-electron chi connectivity index (χ4n) is 8.06. The zero-order valence-electron chi connectivity index (χ0n) is 21.6. The monoisotopic (exact) mass is 510 g/mol. The molecular weight excluding hydrogens is 470 g/mol. The van der Waals surface area contributed by atoms with Crippen LogP contribution in [0.1, 0.15) is 60.3 Å². The standard InChI is InChI=1S/C27H40FO6P/c1-6-33-35(34-7-2)16-32-23-14-25(4)21(12-17(3)24(25)22(31)15-29)20-9-8-18-13-19(30)10-11-26(18,5)27(20,23)28/h10-11,13,17,20-21,23-24,29H,6-9,12,14-16H2,1-5H3/t17-,20?,21+,23?,24?,25?,26?,27+/m1/s1. The molecule has 0 bridgehead atoms. The molecule has 35 heavy (non-hydrogen) atoms. The summed E-state index contributed by atoms with van der Waals surface area (Å²) in [5.74, 6) is -0.865. The van der Waals surface area contributed by atoms with Gasteiger partial charge < -0.3 is 18.9 Å². The molecule has 3 fully saturated rings. The molecule has 0 saturated heterocycles. The Morgan fingerprint density at radius 3 is 2.54 bits per heavy atom. The molecule has 8 heteroatoms. The highest BCUT2D eigenvalue weighted by molar-refractivity contribution is 7.47. The molecule has 0 spiro atoms. The quantitative estimate of drug-likeness (QED) is 0.432. The van der Waals surface area contributed by atoms with Gasteiger partial charge in [0.1, 0.15) is 13.0 Å². The van der Waals surface area contributed by atoms with Crippen LogP contribution in [0.3, 0.4) is 0 Å². The number of aliphatic hydroxyl groups excluding tert-OH is 1. The Hall–Kier alpha value is -0.980. The van der Waals surface area contributed by atoms with Gasteiger partial charge in [0.25, 0.3) is 0 Å². The van der Waals surface area contributed by atoms with Gasteiger partial charge in [-0.3, -0.25) is 9.59 Å². The zero-order valence-corrected chi connectivity index (χ0v) is 22.5. The molecule has 0 heterocycles. The van der Waals surface area contributed by atoms with Crippen LogP contribution in [0.15, 0.2) is 23.8 Å². The molecule has 0 radical (unpaired) electrons. The predicted molar refractivity (Wildman–Crippen MR) is 132 cm³/mol. The highest BCUT2D eigenvalue weighted by atomic mass is 31.2. The van der Waals surface area contributed by atoms with E-state index in [-0.39, 0.29) is 41.6 Å². The topological polar surface area (TPSA) is 82.1 Å². The summed E-state index contributed by atoms with van der Waals surface area (Å²) in [6, 6.07) is 0. The van der Waals surface area contributed by atoms with Crippen molar-refractivity contribution in [1.29, 1.82) is 0 Å². The number of ketones is 2. The Kier molecular flexibility index (Phi) is 7.78. The minimum absolute atomic E-state index is 0.00690. The van der Waals surface area contributed by atoms with E-state index >= 15 is 4.39 Å². The van der Waals surface area contributed by atoms with Gasteiger partial charge in [-0.2, -0.15) is 0 Å². The number of alkyl halides is 1. The number of hydrogen-bond acceptors (Lipinski definition) is 6. The van der Waals surface area contributed by atoms with Crippen molar-refractivity contribution in [3.8, 4) is 0 Å². The zero-order chi connectivity index (χ0) is 25.6. The lowest BCUT2D eigenvalue weighted by atomic mass is 9.45. The van der Waals surface area contributed by atoms with Crippen LogP contribution in [-0.2, 0) is 23.4 Å². The van der Waals surface area contributed by atoms with Crippen molar-refractivity contribution in [2.24, 2.45) is 34.5 Å². The maximum Gasteiger partial charge on any atom is 0.198 e. The molecule has 1 N–H and O–H groups in total. The molecule has 196 valence electrons. The number of rotatable bonds is 9. The van der Waals surface area contributed by atoms with Crippen molar-refractivity contribution in [3.63, 3.8) is 0 Å². The first-order valence-electron chi connectivity index (χ1n) is 13.0. The third-order valence-electron chi connectivity index (χ3n) is 9.39. The summed E-state index contributed by atoms with van der Waals surface area (Å²) >= 11 is 0. The fourth-order valence-corrected chi connectivity index (χ4v) is 9.16. The van der Waals surface area contributed by atoms with Crippen molar-refractivity contribution in [3.05, 3.63) is 23.8 Å². The number of halogens is 1. The minimum atomic E-state index is -1.74. The number of carbonyl (C=O) groups excluding carboxylic acids is 2. The number of ether oxygens (including phenoxy) is 1. The molecule has 5 unspecified atom stereocenters. The Morgan fingerprint density at radius 2 is 1.91 bits per heavy atom. The number of Topliss-reactive ketones (excluding diaryl/α,β-unsaturated/α-hetero) is 1. The molecule has 0 aromatic rings. The first-order chi connectivity index (χ1) is 16.6. The third-order valence-corrected chi connectivity index (χ3v) is 10.8. The highest BCUT2D eigenvalue weighted by Crippen LogP contribution is 2.70. The van der Waals surface area contributed by atoms with E-state index < -0.39 is 37.6 Å². The maximum absolute atomic E-state index is 18.0. The second kappa shape index (κ2) is 10.1. The van der Waals surface area contributed by atoms with Gasteiger partial charge in [-0.1, -0.05) is 25.5 Å². The van der Waals surface area contributed by atoms with Gasteiger partial charge in [0, 0.05) is 17.3 Å². The van der Waals surface area contributed by atoms with Gasteiger partial charge in [0.15, 0.2) is 25.6 Å². The SMILES string of the molecule is CCOP(COC1CC2(C)C(C(=O)CO)[C@H](C)C[C@H]2C2CCC3=CC(=O)C=CC3(C)[C@@]12F)OCC. The summed E-state index contributed by atoms with van der Waals surface area (Å²) in [7, 11) is -1.32. The number of carbonyl (C=O) groups is 2. The molecule has 4 rings (SSSR count). The van der Waals surface area contributed by atoms with Crippen LogP contribution in [0.25, 0.3) is 0 Å². The molecule has 6 nitrogen and oxygen atoms in total. The number of allylic oxidation sites excluding steroid dienone is 4. The van der Waals surface area contributed by atoms with Crippen LogP contribution in [0.2, 0.25) is 0 Å². The van der Waals surface area contributed by atoms with E-state index in [1.165, 1.54) is 6.08 Å². The van der Waals surface area contributed by atoms with Crippen LogP contribution in [-0.4, -0.2) is 54.6 Å². The first kappa shape index (κ1) is 27.1. The van der Waals surface area contributed by atoms with Crippen molar-refractivity contribution in [2.45, 2.75) is 72.1 Å². The summed E-state index contributed by atoms with van der Waals surface area (Å²) in [6.07, 6.45) is 6.56. The maximum atomic E-state index is 18.0. The van der Waals surface area contributed by atoms with Gasteiger partial charge in [0.05, 0.1) is 19.3 Å². The second-order valence-corrected chi connectivity index (χ2v) is 12.5. The van der Waals surface area contributed by atoms with Gasteiger partial charge in [0.2, 0.25) is 0 Å². The Morgan fingerprint density at radius 1 is 1.23 bits per heavy atom. The third kappa shape index (κ3) is 4.20. The summed E-state index contributed by atoms with van der Waals surface area (Å²) in [5, 5.41) is 9.75. The van der Waals surface area contributed by atoms with Gasteiger partial charge >= 0.3 is 0 Å². The van der Waals surface area contributed by atoms with Crippen LogP contribution in [0.4, 0.5) is 4.39 Å². The van der Waals surface area contributed by atoms with Crippen molar-refractivity contribution < 1.29 is 32.9 Å². The Labute approximate surface area is 209 Å². The largest absolute Gasteiger partial charge is 0.389 e. The normalized spacial score (nSPS) is 42.5. The van der Waals surface area contributed by atoms with Crippen molar-refractivity contribution in [1.82, 2.24) is 0 Å². The predicted octanol–water partition coefficient (Wildman–Crippen LogP) is 5.15. The van der Waals surface area contributed by atoms with E-state index in [0.29, 0.717) is 32.5 Å². The minimum Gasteiger partial charge on any atom is -0.389 e. The summed E-state index contributed by atoms with van der Waals surface area (Å²) in [5.41, 5.74) is -2.35. The van der Waals surface area contributed by atoms with E-state index in [0.717, 1.165) is 12.0 Å². The lowest BCUT2D eigenvalue weighted by Crippen LogP contribution is -2.67. The van der Waals surface area contributed by atoms with E-state index in [9.17, 15) is 14.7 Å². The summed E-state index contributed by atoms with van der Waals surface area (Å²) < 4.78 is 35.8. The highest BCUT2D eigenvalue weighted by Gasteiger charge is 2.72. The van der Waals surface area contributed by atoms with Gasteiger partial charge in [-0.05, 0) is 75.9 Å². The summed E-state index contributed by atoms with van der Waals surface area (Å²) in [4.78, 5) is 25.1. The molecular formula is C27H40FO6P. The van der Waals surface area contributed by atoms with Crippen molar-refractivity contribution in [2.75, 3.05) is 26.2 Å². The van der Waals surface area contributed by atoms with Crippen LogP contribution >= 0.6 is 8.38 Å². The summed E-state index contributed by atoms with van der Waals surface area (Å²) in [6.45, 7) is 10.3. The smallest absolute Gasteiger partial charge is 0.198 e. The Bertz CT molecular complexity index is 900. The molecule has 0 aliphatic heterocycles. The fraction of sp³-hybridized carbons (Fsp3) is 0.778. The molecule has 0 aromatic heterocycles. The van der Waals surface area contributed by atoms with E-state index in [4.69, 9.17) is 13.8 Å². The molecule has 8 atom stereocenters. The van der Waals surface area contributed by atoms with Gasteiger partial charge in [-0.25, -0.2) is 4.39 Å². The van der Waals surface area contributed by atoms with E-state index in [1.807, 2.05) is 20.8 Å². The van der Waals surface area contributed by atoms with Crippen LogP contribution < -0.4 is 0 Å². The molecule has 4 aliphatic rings. The van der Waals surface area contributed by atoms with Crippen LogP contribution in [0.5, 0.6) is 0 Å². The lowest BCUT2D eigenvalue weighted by Gasteiger charge is -2.62. The number of fused-ring (bicyclic) bond motifs is 5. The molecule has 0 aromatic carbocycles.